The molecule has 0 heterocycles. The van der Waals surface area contributed by atoms with Gasteiger partial charge in [-0.2, -0.15) is 0 Å². The summed E-state index contributed by atoms with van der Waals surface area (Å²) in [4.78, 5) is 0. The van der Waals surface area contributed by atoms with Crippen LogP contribution in [0.4, 0.5) is 0 Å². The van der Waals surface area contributed by atoms with Crippen LogP contribution in [0.25, 0.3) is 0 Å². The Morgan fingerprint density at radius 3 is 1.00 bits per heavy atom. The van der Waals surface area contributed by atoms with Crippen LogP contribution in [0.5, 0.6) is 0 Å². The van der Waals surface area contributed by atoms with Gasteiger partial charge >= 0.3 is 29.6 Å². The zero-order valence-corrected chi connectivity index (χ0v) is 3.63. The molecule has 0 aromatic carbocycles. The first-order valence-electron chi connectivity index (χ1n) is 0.200. The molecule has 4 heteroatoms. The molecule has 0 unspecified atom stereocenters. The summed E-state index contributed by atoms with van der Waals surface area (Å²) >= 11 is 0. The molecule has 0 aromatic heterocycles. The summed E-state index contributed by atoms with van der Waals surface area (Å²) in [6, 6.07) is 0. The minimum atomic E-state index is 0. The first-order valence-corrected chi connectivity index (χ1v) is 0.200. The predicted octanol–water partition coefficient (Wildman–Crippen LogP) is -0.0131. The molecule has 2 N–H and O–H groups in total. The molecular weight excluding hydrogens is 182 g/mol. The van der Waals surface area contributed by atoms with Crippen molar-refractivity contribution in [3.63, 3.8) is 0 Å². The van der Waals surface area contributed by atoms with Crippen molar-refractivity contribution in [3.8, 4) is 0 Å². The molecule has 0 radical (unpaired) electrons. The fourth-order valence-corrected chi connectivity index (χ4v) is 0. The van der Waals surface area contributed by atoms with Gasteiger partial charge < -0.3 is 0 Å². The van der Waals surface area contributed by atoms with E-state index in [1.54, 1.807) is 0 Å². The van der Waals surface area contributed by atoms with Crippen LogP contribution in [0.3, 0.4) is 0 Å². The third-order valence-corrected chi connectivity index (χ3v) is 0. The van der Waals surface area contributed by atoms with Crippen molar-refractivity contribution in [2.24, 2.45) is 0 Å². The van der Waals surface area contributed by atoms with Crippen molar-refractivity contribution in [1.82, 2.24) is 0 Å². The Morgan fingerprint density at radius 1 is 1.00 bits per heavy atom. The van der Waals surface area contributed by atoms with Gasteiger partial charge in [-0.3, -0.25) is 10.5 Å². The zero-order valence-electron chi connectivity index (χ0n) is 1.30. The van der Waals surface area contributed by atoms with Crippen LogP contribution < -0.4 is 0 Å². The van der Waals surface area contributed by atoms with Crippen LogP contribution in [0, 0.1) is 0 Å². The maximum absolute atomic E-state index is 6.00. The molecule has 0 atom stereocenters. The standard InChI is InChI=1S/HI.Na.H2O2.H/c;;1-2;/h1H;;1-2H;. The normalized spacial score (nSPS) is 1.50. The number of hydrogen-bond donors (Lipinski definition) is 2. The summed E-state index contributed by atoms with van der Waals surface area (Å²) in [6.07, 6.45) is 0. The van der Waals surface area contributed by atoms with Crippen molar-refractivity contribution in [2.75, 3.05) is 0 Å². The third-order valence-electron chi connectivity index (χ3n) is 0. The second kappa shape index (κ2) is 22.8. The van der Waals surface area contributed by atoms with E-state index in [1.165, 1.54) is 0 Å². The average Bonchev–Trinajstić information content (AvgIpc) is 1.00. The Kier molecular flexibility index (Phi) is 99.0. The van der Waals surface area contributed by atoms with Crippen LogP contribution >= 0.6 is 24.0 Å². The Hall–Kier alpha value is 1.65. The molecule has 0 spiro atoms. The van der Waals surface area contributed by atoms with Crippen molar-refractivity contribution < 1.29 is 10.5 Å². The fraction of sp³-hybridized carbons (Fsp3) is 0. The first-order chi connectivity index (χ1) is 1.00. The molecule has 0 amide bonds. The molecule has 0 fully saturated rings. The number of halogens is 1. The second-order valence-electron chi connectivity index (χ2n) is 0. The number of rotatable bonds is 0. The van der Waals surface area contributed by atoms with Gasteiger partial charge in [0.2, 0.25) is 0 Å². The van der Waals surface area contributed by atoms with Crippen LogP contribution in [-0.4, -0.2) is 40.1 Å². The summed E-state index contributed by atoms with van der Waals surface area (Å²) in [7, 11) is 0. The molecule has 0 aromatic rings. The van der Waals surface area contributed by atoms with Gasteiger partial charge in [0, 0.05) is 0 Å². The molecule has 24 valence electrons. The first kappa shape index (κ1) is 17.4. The van der Waals surface area contributed by atoms with E-state index in [0.717, 1.165) is 0 Å². The van der Waals surface area contributed by atoms with E-state index in [1.807, 2.05) is 0 Å². The third kappa shape index (κ3) is 9.41. The summed E-state index contributed by atoms with van der Waals surface area (Å²) < 4.78 is 0. The number of hydrogen-bond acceptors (Lipinski definition) is 2. The second-order valence-corrected chi connectivity index (χ2v) is 0. The van der Waals surface area contributed by atoms with E-state index in [9.17, 15) is 0 Å². The van der Waals surface area contributed by atoms with Gasteiger partial charge in [-0.1, -0.05) is 0 Å². The van der Waals surface area contributed by atoms with Gasteiger partial charge in [0.1, 0.15) is 0 Å². The Morgan fingerprint density at radius 2 is 1.00 bits per heavy atom. The zero-order chi connectivity index (χ0) is 2.00. The van der Waals surface area contributed by atoms with Crippen molar-refractivity contribution in [1.29, 1.82) is 0 Å². The minimum absolute atomic E-state index is 0. The van der Waals surface area contributed by atoms with Gasteiger partial charge in [-0.15, -0.1) is 24.0 Å². The average molecular weight is 186 g/mol. The molecular formula is H4INaO2. The van der Waals surface area contributed by atoms with E-state index in [2.05, 4.69) is 0 Å². The Balaban J connectivity index is -0.00000000500. The molecule has 0 aliphatic heterocycles. The molecule has 0 aliphatic carbocycles. The van der Waals surface area contributed by atoms with Gasteiger partial charge in [0.05, 0.1) is 0 Å². The summed E-state index contributed by atoms with van der Waals surface area (Å²) in [5.41, 5.74) is 0. The molecule has 0 saturated carbocycles. The van der Waals surface area contributed by atoms with E-state index < -0.39 is 0 Å². The van der Waals surface area contributed by atoms with E-state index in [-0.39, 0.29) is 53.5 Å². The van der Waals surface area contributed by atoms with Gasteiger partial charge in [0.25, 0.3) is 0 Å². The van der Waals surface area contributed by atoms with Crippen molar-refractivity contribution in [3.05, 3.63) is 0 Å². The SMILES string of the molecule is I.OO.[NaH]. The fourth-order valence-electron chi connectivity index (χ4n) is 0. The quantitative estimate of drug-likeness (QED) is 0.241. The van der Waals surface area contributed by atoms with E-state index in [4.69, 9.17) is 10.5 Å². The summed E-state index contributed by atoms with van der Waals surface area (Å²) in [5, 5.41) is 12.0. The molecule has 4 heavy (non-hydrogen) atoms. The van der Waals surface area contributed by atoms with Crippen LogP contribution in [0.1, 0.15) is 0 Å². The van der Waals surface area contributed by atoms with Gasteiger partial charge in [-0.05, 0) is 0 Å². The summed E-state index contributed by atoms with van der Waals surface area (Å²) in [6.45, 7) is 0. The predicted molar refractivity (Wildman–Crippen MR) is 27.8 cm³/mol. The Labute approximate surface area is 63.4 Å². The molecule has 0 rings (SSSR count). The molecule has 0 aliphatic rings. The van der Waals surface area contributed by atoms with Crippen LogP contribution in [-0.2, 0) is 0 Å². The van der Waals surface area contributed by atoms with Gasteiger partial charge in [-0.25, -0.2) is 0 Å². The topological polar surface area (TPSA) is 40.5 Å². The molecule has 0 bridgehead atoms. The summed E-state index contributed by atoms with van der Waals surface area (Å²) in [5.74, 6) is 0. The van der Waals surface area contributed by atoms with Crippen molar-refractivity contribution in [2.45, 2.75) is 0 Å². The Bertz CT molecular complexity index is 6.00. The van der Waals surface area contributed by atoms with Crippen LogP contribution in [0.2, 0.25) is 0 Å². The van der Waals surface area contributed by atoms with Gasteiger partial charge in [0.15, 0.2) is 0 Å². The molecule has 0 saturated heterocycles. The maximum atomic E-state index is 6.00. The van der Waals surface area contributed by atoms with E-state index >= 15 is 0 Å². The van der Waals surface area contributed by atoms with Crippen molar-refractivity contribution >= 4 is 53.5 Å². The van der Waals surface area contributed by atoms with E-state index in [0.29, 0.717) is 0 Å². The monoisotopic (exact) mass is 186 g/mol. The molecule has 2 nitrogen and oxygen atoms in total. The van der Waals surface area contributed by atoms with Crippen LogP contribution in [0.15, 0.2) is 0 Å².